The molecule has 1 aliphatic rings. The Morgan fingerprint density at radius 1 is 1.29 bits per heavy atom. The topological polar surface area (TPSA) is 62.3 Å². The number of pyridine rings is 1. The highest BCUT2D eigenvalue weighted by atomic mass is 35.5. The van der Waals surface area contributed by atoms with Crippen LogP contribution in [-0.2, 0) is 16.0 Å². The molecular weight excluding hydrogens is 326 g/mol. The summed E-state index contributed by atoms with van der Waals surface area (Å²) in [6.07, 6.45) is 2.63. The van der Waals surface area contributed by atoms with Gasteiger partial charge in [0.1, 0.15) is 0 Å². The summed E-state index contributed by atoms with van der Waals surface area (Å²) in [6.45, 7) is 0.895. The zero-order valence-electron chi connectivity index (χ0n) is 13.1. The highest BCUT2D eigenvalue weighted by Gasteiger charge is 2.34. The Morgan fingerprint density at radius 2 is 2.17 bits per heavy atom. The lowest BCUT2D eigenvalue weighted by molar-refractivity contribution is -0.126. The van der Waals surface area contributed by atoms with Gasteiger partial charge in [0.05, 0.1) is 5.92 Å². The fraction of sp³-hybridized carbons (Fsp3) is 0.278. The number of carbonyl (C=O) groups excluding carboxylic acids is 2. The van der Waals surface area contributed by atoms with E-state index in [1.54, 1.807) is 29.3 Å². The van der Waals surface area contributed by atoms with Gasteiger partial charge in [-0.3, -0.25) is 14.6 Å². The second-order valence-electron chi connectivity index (χ2n) is 5.75. The quantitative estimate of drug-likeness (QED) is 0.907. The zero-order chi connectivity index (χ0) is 16.9. The molecule has 124 valence electrons. The van der Waals surface area contributed by atoms with Gasteiger partial charge in [-0.2, -0.15) is 0 Å². The SMILES string of the molecule is O=C(NCCc1ccccn1)C1CC(=O)N(c2cccc(Cl)c2)C1. The van der Waals surface area contributed by atoms with Crippen LogP contribution in [0.2, 0.25) is 5.02 Å². The number of benzene rings is 1. The first-order chi connectivity index (χ1) is 11.6. The number of hydrogen-bond acceptors (Lipinski definition) is 3. The van der Waals surface area contributed by atoms with E-state index < -0.39 is 0 Å². The van der Waals surface area contributed by atoms with Crippen LogP contribution in [0.5, 0.6) is 0 Å². The van der Waals surface area contributed by atoms with Gasteiger partial charge in [0.25, 0.3) is 0 Å². The Kier molecular flexibility index (Phi) is 5.11. The molecule has 24 heavy (non-hydrogen) atoms. The lowest BCUT2D eigenvalue weighted by Gasteiger charge is -2.17. The summed E-state index contributed by atoms with van der Waals surface area (Å²) in [7, 11) is 0. The first-order valence-electron chi connectivity index (χ1n) is 7.87. The molecular formula is C18H18ClN3O2. The number of halogens is 1. The van der Waals surface area contributed by atoms with E-state index in [1.165, 1.54) is 0 Å². The maximum Gasteiger partial charge on any atom is 0.227 e. The first-order valence-corrected chi connectivity index (χ1v) is 8.25. The molecule has 1 aromatic heterocycles. The molecule has 0 saturated carbocycles. The summed E-state index contributed by atoms with van der Waals surface area (Å²) in [5.41, 5.74) is 1.66. The lowest BCUT2D eigenvalue weighted by Crippen LogP contribution is -2.34. The molecule has 1 aromatic carbocycles. The van der Waals surface area contributed by atoms with Crippen LogP contribution in [0.4, 0.5) is 5.69 Å². The van der Waals surface area contributed by atoms with Crippen molar-refractivity contribution in [1.82, 2.24) is 10.3 Å². The van der Waals surface area contributed by atoms with Crippen molar-refractivity contribution in [2.24, 2.45) is 5.92 Å². The van der Waals surface area contributed by atoms with Crippen molar-refractivity contribution < 1.29 is 9.59 Å². The summed E-state index contributed by atoms with van der Waals surface area (Å²) in [4.78, 5) is 30.3. The van der Waals surface area contributed by atoms with Crippen molar-refractivity contribution in [2.75, 3.05) is 18.0 Å². The minimum atomic E-state index is -0.333. The second kappa shape index (κ2) is 7.45. The summed E-state index contributed by atoms with van der Waals surface area (Å²) >= 11 is 5.97. The molecule has 1 unspecified atom stereocenters. The molecule has 2 amide bonds. The van der Waals surface area contributed by atoms with Gasteiger partial charge in [0.15, 0.2) is 0 Å². The van der Waals surface area contributed by atoms with Crippen LogP contribution in [0, 0.1) is 5.92 Å². The number of hydrogen-bond donors (Lipinski definition) is 1. The van der Waals surface area contributed by atoms with E-state index in [0.29, 0.717) is 24.5 Å². The molecule has 1 fully saturated rings. The molecule has 0 bridgehead atoms. The maximum absolute atomic E-state index is 12.3. The molecule has 0 radical (unpaired) electrons. The van der Waals surface area contributed by atoms with Crippen molar-refractivity contribution in [3.8, 4) is 0 Å². The van der Waals surface area contributed by atoms with Gasteiger partial charge in [-0.15, -0.1) is 0 Å². The van der Waals surface area contributed by atoms with E-state index in [9.17, 15) is 9.59 Å². The summed E-state index contributed by atoms with van der Waals surface area (Å²) in [5, 5.41) is 3.47. The van der Waals surface area contributed by atoms with Crippen LogP contribution < -0.4 is 10.2 Å². The Morgan fingerprint density at radius 3 is 2.92 bits per heavy atom. The standard InChI is InChI=1S/C18H18ClN3O2/c19-14-4-3-6-16(11-14)22-12-13(10-17(22)23)18(24)21-9-7-15-5-1-2-8-20-15/h1-6,8,11,13H,7,9-10,12H2,(H,21,24). The molecule has 0 aliphatic carbocycles. The number of nitrogens with zero attached hydrogens (tertiary/aromatic N) is 2. The normalized spacial score (nSPS) is 17.1. The first kappa shape index (κ1) is 16.5. The third-order valence-electron chi connectivity index (χ3n) is 4.02. The average molecular weight is 344 g/mol. The number of rotatable bonds is 5. The second-order valence-corrected chi connectivity index (χ2v) is 6.18. The molecule has 2 heterocycles. The molecule has 2 aromatic rings. The zero-order valence-corrected chi connectivity index (χ0v) is 13.9. The maximum atomic E-state index is 12.3. The molecule has 6 heteroatoms. The number of anilines is 1. The van der Waals surface area contributed by atoms with Gasteiger partial charge in [0.2, 0.25) is 11.8 Å². The van der Waals surface area contributed by atoms with Crippen LogP contribution in [0.1, 0.15) is 12.1 Å². The minimum absolute atomic E-state index is 0.0536. The van der Waals surface area contributed by atoms with Crippen molar-refractivity contribution in [2.45, 2.75) is 12.8 Å². The fourth-order valence-corrected chi connectivity index (χ4v) is 2.97. The van der Waals surface area contributed by atoms with E-state index >= 15 is 0 Å². The highest BCUT2D eigenvalue weighted by molar-refractivity contribution is 6.30. The van der Waals surface area contributed by atoms with Gasteiger partial charge in [-0.05, 0) is 30.3 Å². The Hall–Kier alpha value is -2.40. The molecule has 1 saturated heterocycles. The molecule has 0 spiro atoms. The van der Waals surface area contributed by atoms with Crippen LogP contribution in [0.3, 0.4) is 0 Å². The van der Waals surface area contributed by atoms with Crippen molar-refractivity contribution >= 4 is 29.1 Å². The van der Waals surface area contributed by atoms with Crippen molar-refractivity contribution in [1.29, 1.82) is 0 Å². The van der Waals surface area contributed by atoms with E-state index in [1.807, 2.05) is 24.3 Å². The van der Waals surface area contributed by atoms with E-state index in [0.717, 1.165) is 11.4 Å². The van der Waals surface area contributed by atoms with Crippen LogP contribution in [0.15, 0.2) is 48.7 Å². The smallest absolute Gasteiger partial charge is 0.227 e. The third kappa shape index (κ3) is 3.92. The molecule has 1 atom stereocenters. The molecule has 1 aliphatic heterocycles. The van der Waals surface area contributed by atoms with Gasteiger partial charge in [-0.1, -0.05) is 23.7 Å². The molecule has 1 N–H and O–H groups in total. The summed E-state index contributed by atoms with van der Waals surface area (Å²) in [6, 6.07) is 12.8. The minimum Gasteiger partial charge on any atom is -0.355 e. The highest BCUT2D eigenvalue weighted by Crippen LogP contribution is 2.27. The lowest BCUT2D eigenvalue weighted by atomic mass is 10.1. The Bertz CT molecular complexity index is 736. The van der Waals surface area contributed by atoms with Crippen LogP contribution >= 0.6 is 11.6 Å². The van der Waals surface area contributed by atoms with Gasteiger partial charge < -0.3 is 10.2 Å². The van der Waals surface area contributed by atoms with Gasteiger partial charge >= 0.3 is 0 Å². The monoisotopic (exact) mass is 343 g/mol. The predicted molar refractivity (Wildman–Crippen MR) is 92.9 cm³/mol. The van der Waals surface area contributed by atoms with Crippen LogP contribution in [-0.4, -0.2) is 29.9 Å². The van der Waals surface area contributed by atoms with Crippen LogP contribution in [0.25, 0.3) is 0 Å². The van der Waals surface area contributed by atoms with Crippen molar-refractivity contribution in [3.63, 3.8) is 0 Å². The Balaban J connectivity index is 1.54. The van der Waals surface area contributed by atoms with Gasteiger partial charge in [0, 0.05) is 48.5 Å². The number of carbonyl (C=O) groups is 2. The summed E-state index contributed by atoms with van der Waals surface area (Å²) < 4.78 is 0. The molecule has 5 nitrogen and oxygen atoms in total. The van der Waals surface area contributed by atoms with E-state index in [4.69, 9.17) is 11.6 Å². The summed E-state index contributed by atoms with van der Waals surface area (Å²) in [5.74, 6) is -0.480. The number of aromatic nitrogens is 1. The fourth-order valence-electron chi connectivity index (χ4n) is 2.78. The van der Waals surface area contributed by atoms with E-state index in [-0.39, 0.29) is 24.2 Å². The largest absolute Gasteiger partial charge is 0.355 e. The number of amides is 2. The number of nitrogens with one attached hydrogen (secondary N) is 1. The van der Waals surface area contributed by atoms with E-state index in [2.05, 4.69) is 10.3 Å². The Labute approximate surface area is 145 Å². The molecule has 3 rings (SSSR count). The predicted octanol–water partition coefficient (Wildman–Crippen LogP) is 2.45. The third-order valence-corrected chi connectivity index (χ3v) is 4.26. The van der Waals surface area contributed by atoms with Gasteiger partial charge in [-0.25, -0.2) is 0 Å². The average Bonchev–Trinajstić information content (AvgIpc) is 2.98. The van der Waals surface area contributed by atoms with Crippen molar-refractivity contribution in [3.05, 3.63) is 59.4 Å².